The normalized spacial score (nSPS) is 12.0. The van der Waals surface area contributed by atoms with Crippen LogP contribution in [0.15, 0.2) is 42.5 Å². The summed E-state index contributed by atoms with van der Waals surface area (Å²) >= 11 is 0. The summed E-state index contributed by atoms with van der Waals surface area (Å²) in [5, 5.41) is 2.09. The second kappa shape index (κ2) is 6.41. The van der Waals surface area contributed by atoms with Gasteiger partial charge in [-0.2, -0.15) is 0 Å². The van der Waals surface area contributed by atoms with Crippen LogP contribution in [0, 0.1) is 17.5 Å². The fourth-order valence-electron chi connectivity index (χ4n) is 1.83. The van der Waals surface area contributed by atoms with Crippen LogP contribution in [0.1, 0.15) is 5.56 Å². The van der Waals surface area contributed by atoms with Gasteiger partial charge in [0.25, 0.3) is 0 Å². The average Bonchev–Trinajstić information content (AvgIpc) is 2.45. The highest BCUT2D eigenvalue weighted by Crippen LogP contribution is 2.19. The number of hydrogen-bond acceptors (Lipinski definition) is 2. The first-order valence-electron chi connectivity index (χ1n) is 6.22. The summed E-state index contributed by atoms with van der Waals surface area (Å²) in [7, 11) is 0. The van der Waals surface area contributed by atoms with Gasteiger partial charge in [0.1, 0.15) is 5.82 Å². The molecule has 0 saturated carbocycles. The van der Waals surface area contributed by atoms with Crippen LogP contribution in [-0.2, 0) is 11.2 Å². The number of carbonyl (C=O) groups is 1. The van der Waals surface area contributed by atoms with Crippen molar-refractivity contribution in [3.05, 3.63) is 65.5 Å². The van der Waals surface area contributed by atoms with Gasteiger partial charge in [-0.1, -0.05) is 30.3 Å². The Bertz CT molecular complexity index is 647. The molecule has 3 N–H and O–H groups in total. The summed E-state index contributed by atoms with van der Waals surface area (Å²) < 4.78 is 39.5. The molecule has 21 heavy (non-hydrogen) atoms. The van der Waals surface area contributed by atoms with E-state index in [1.807, 2.05) is 6.07 Å². The lowest BCUT2D eigenvalue weighted by molar-refractivity contribution is -0.117. The zero-order chi connectivity index (χ0) is 15.4. The second-order valence-corrected chi connectivity index (χ2v) is 4.53. The van der Waals surface area contributed by atoms with E-state index >= 15 is 0 Å². The molecular weight excluding hydrogens is 281 g/mol. The van der Waals surface area contributed by atoms with Gasteiger partial charge in [-0.3, -0.25) is 4.79 Å². The van der Waals surface area contributed by atoms with E-state index < -0.39 is 35.1 Å². The lowest BCUT2D eigenvalue weighted by atomic mass is 10.1. The molecule has 0 heterocycles. The quantitative estimate of drug-likeness (QED) is 0.852. The van der Waals surface area contributed by atoms with Crippen molar-refractivity contribution in [2.24, 2.45) is 5.73 Å². The molecule has 110 valence electrons. The monoisotopic (exact) mass is 294 g/mol. The predicted molar refractivity (Wildman–Crippen MR) is 73.1 cm³/mol. The molecule has 2 aromatic rings. The Kier molecular flexibility index (Phi) is 4.59. The first-order chi connectivity index (χ1) is 9.97. The Labute approximate surface area is 119 Å². The van der Waals surface area contributed by atoms with E-state index in [2.05, 4.69) is 5.32 Å². The zero-order valence-electron chi connectivity index (χ0n) is 10.9. The van der Waals surface area contributed by atoms with E-state index in [1.165, 1.54) is 0 Å². The van der Waals surface area contributed by atoms with Crippen LogP contribution in [-0.4, -0.2) is 11.9 Å². The van der Waals surface area contributed by atoms with Gasteiger partial charge in [0.05, 0.1) is 11.7 Å². The first-order valence-corrected chi connectivity index (χ1v) is 6.22. The van der Waals surface area contributed by atoms with Gasteiger partial charge in [-0.05, 0) is 12.0 Å². The lowest BCUT2D eigenvalue weighted by Gasteiger charge is -2.13. The number of amides is 1. The fourth-order valence-corrected chi connectivity index (χ4v) is 1.83. The largest absolute Gasteiger partial charge is 0.322 e. The molecule has 0 aliphatic heterocycles. The van der Waals surface area contributed by atoms with Crippen LogP contribution < -0.4 is 11.1 Å². The summed E-state index contributed by atoms with van der Waals surface area (Å²) in [5.74, 6) is -4.40. The molecule has 1 amide bonds. The molecular formula is C15H13F3N2O. The number of halogens is 3. The van der Waals surface area contributed by atoms with Gasteiger partial charge in [0.2, 0.25) is 5.91 Å². The van der Waals surface area contributed by atoms with Crippen LogP contribution >= 0.6 is 0 Å². The van der Waals surface area contributed by atoms with Crippen molar-refractivity contribution in [2.75, 3.05) is 5.32 Å². The molecule has 0 bridgehead atoms. The Morgan fingerprint density at radius 1 is 1.14 bits per heavy atom. The molecule has 1 atom stereocenters. The average molecular weight is 294 g/mol. The van der Waals surface area contributed by atoms with Crippen molar-refractivity contribution >= 4 is 11.6 Å². The van der Waals surface area contributed by atoms with E-state index in [9.17, 15) is 18.0 Å². The molecule has 0 aromatic heterocycles. The SMILES string of the molecule is N[C@@H](Cc1ccccc1)C(=O)Nc1cc(F)cc(F)c1F. The van der Waals surface area contributed by atoms with Gasteiger partial charge >= 0.3 is 0 Å². The molecule has 0 spiro atoms. The number of nitrogens with one attached hydrogen (secondary N) is 1. The summed E-state index contributed by atoms with van der Waals surface area (Å²) in [4.78, 5) is 11.8. The van der Waals surface area contributed by atoms with Crippen LogP contribution in [0.5, 0.6) is 0 Å². The number of rotatable bonds is 4. The van der Waals surface area contributed by atoms with Crippen molar-refractivity contribution in [1.29, 1.82) is 0 Å². The topological polar surface area (TPSA) is 55.1 Å². The number of hydrogen-bond donors (Lipinski definition) is 2. The highest BCUT2D eigenvalue weighted by Gasteiger charge is 2.18. The summed E-state index contributed by atoms with van der Waals surface area (Å²) in [6.45, 7) is 0. The number of carbonyl (C=O) groups excluding carboxylic acids is 1. The van der Waals surface area contributed by atoms with Gasteiger partial charge in [0, 0.05) is 12.1 Å². The van der Waals surface area contributed by atoms with Crippen LogP contribution in [0.25, 0.3) is 0 Å². The van der Waals surface area contributed by atoms with E-state index in [0.717, 1.165) is 5.56 Å². The van der Waals surface area contributed by atoms with E-state index in [4.69, 9.17) is 5.73 Å². The summed E-state index contributed by atoms with van der Waals surface area (Å²) in [6, 6.07) is 9.12. The molecule has 0 aliphatic carbocycles. The lowest BCUT2D eigenvalue weighted by Crippen LogP contribution is -2.37. The van der Waals surface area contributed by atoms with Crippen molar-refractivity contribution in [3.63, 3.8) is 0 Å². The molecule has 0 saturated heterocycles. The van der Waals surface area contributed by atoms with Crippen LogP contribution in [0.3, 0.4) is 0 Å². The third kappa shape index (κ3) is 3.82. The maximum absolute atomic E-state index is 13.4. The second-order valence-electron chi connectivity index (χ2n) is 4.53. The first kappa shape index (κ1) is 15.1. The third-order valence-electron chi connectivity index (χ3n) is 2.89. The highest BCUT2D eigenvalue weighted by molar-refractivity contribution is 5.95. The number of anilines is 1. The minimum atomic E-state index is -1.37. The van der Waals surface area contributed by atoms with E-state index in [1.54, 1.807) is 24.3 Å². The minimum absolute atomic E-state index is 0.228. The Hall–Kier alpha value is -2.34. The summed E-state index contributed by atoms with van der Waals surface area (Å²) in [6.07, 6.45) is 0.228. The number of nitrogens with two attached hydrogens (primary N) is 1. The molecule has 6 heteroatoms. The van der Waals surface area contributed by atoms with Crippen molar-refractivity contribution in [1.82, 2.24) is 0 Å². The van der Waals surface area contributed by atoms with E-state index in [-0.39, 0.29) is 6.42 Å². The van der Waals surface area contributed by atoms with Gasteiger partial charge in [0.15, 0.2) is 11.6 Å². The highest BCUT2D eigenvalue weighted by atomic mass is 19.2. The molecule has 2 aromatic carbocycles. The van der Waals surface area contributed by atoms with E-state index in [0.29, 0.717) is 12.1 Å². The standard InChI is InChI=1S/C15H13F3N2O/c16-10-7-11(17)14(18)13(8-10)20-15(21)12(19)6-9-4-2-1-3-5-9/h1-5,7-8,12H,6,19H2,(H,20,21)/t12-/m0/s1. The third-order valence-corrected chi connectivity index (χ3v) is 2.89. The molecule has 2 rings (SSSR count). The number of benzene rings is 2. The smallest absolute Gasteiger partial charge is 0.241 e. The van der Waals surface area contributed by atoms with Crippen molar-refractivity contribution in [2.45, 2.75) is 12.5 Å². The molecule has 0 unspecified atom stereocenters. The Morgan fingerprint density at radius 3 is 2.48 bits per heavy atom. The van der Waals surface area contributed by atoms with Crippen molar-refractivity contribution < 1.29 is 18.0 Å². The maximum atomic E-state index is 13.4. The minimum Gasteiger partial charge on any atom is -0.322 e. The molecule has 0 fully saturated rings. The maximum Gasteiger partial charge on any atom is 0.241 e. The van der Waals surface area contributed by atoms with Gasteiger partial charge in [-0.25, -0.2) is 13.2 Å². The zero-order valence-corrected chi connectivity index (χ0v) is 10.9. The van der Waals surface area contributed by atoms with Gasteiger partial charge < -0.3 is 11.1 Å². The summed E-state index contributed by atoms with van der Waals surface area (Å²) in [5.41, 5.74) is 5.96. The predicted octanol–water partition coefficient (Wildman–Crippen LogP) is 2.61. The van der Waals surface area contributed by atoms with Crippen molar-refractivity contribution in [3.8, 4) is 0 Å². The molecule has 0 radical (unpaired) electrons. The van der Waals surface area contributed by atoms with Crippen LogP contribution in [0.4, 0.5) is 18.9 Å². The van der Waals surface area contributed by atoms with Crippen LogP contribution in [0.2, 0.25) is 0 Å². The van der Waals surface area contributed by atoms with Gasteiger partial charge in [-0.15, -0.1) is 0 Å². The molecule has 0 aliphatic rings. The molecule has 3 nitrogen and oxygen atoms in total. The Balaban J connectivity index is 2.08. The Morgan fingerprint density at radius 2 is 1.81 bits per heavy atom. The fraction of sp³-hybridized carbons (Fsp3) is 0.133.